The molecule has 5 saturated carbocycles. The predicted octanol–water partition coefficient (Wildman–Crippen LogP) is 14.9. The summed E-state index contributed by atoms with van der Waals surface area (Å²) in [4.78, 5) is 39.6. The lowest BCUT2D eigenvalue weighted by molar-refractivity contribution is -0.155. The summed E-state index contributed by atoms with van der Waals surface area (Å²) in [6.07, 6.45) is 16.3. The second kappa shape index (κ2) is 36.2. The van der Waals surface area contributed by atoms with Crippen molar-refractivity contribution in [3.8, 4) is 11.6 Å². The second-order valence-electron chi connectivity index (χ2n) is 27.8. The Bertz CT molecular complexity index is 3760. The molecule has 5 aliphatic carbocycles. The van der Waals surface area contributed by atoms with Crippen LogP contribution in [0.2, 0.25) is 25.8 Å². The van der Waals surface area contributed by atoms with E-state index < -0.39 is 34.5 Å². The number of nitrogens with two attached hydrogens (primary N) is 1. The number of ether oxygens (including phenoxy) is 2. The van der Waals surface area contributed by atoms with Crippen LogP contribution in [0.15, 0.2) is 58.2 Å². The van der Waals surface area contributed by atoms with Gasteiger partial charge in [0.1, 0.15) is 56.3 Å². The fraction of sp³-hybridized carbons (Fsp3) is 0.632. The summed E-state index contributed by atoms with van der Waals surface area (Å²) in [5.74, 6) is 3.80. The fourth-order valence-electron chi connectivity index (χ4n) is 12.8. The molecule has 0 aromatic carbocycles. The minimum atomic E-state index is -3.44. The molecule has 0 bridgehead atoms. The van der Waals surface area contributed by atoms with Crippen LogP contribution in [0.25, 0.3) is 11.6 Å². The zero-order chi connectivity index (χ0) is 71.9. The van der Waals surface area contributed by atoms with Crippen LogP contribution >= 0.6 is 58.0 Å². The number of halogens is 9. The van der Waals surface area contributed by atoms with Gasteiger partial charge in [-0.15, -0.1) is 0 Å². The standard InChI is InChI=1S/C20H27FN6O.C15H19ClFN5.C10H12Cl2FN3.C6H12FN.C6H9N.C6H10O.C5H4Cl2N2O2S/c1-13-7-14(2)27(25-13)18-8-17(26-9-20(10-26)11-28-12-20)23-19(24-18)22-16-5-3-15(21)4-6-16;1-9-7-10(2)22(21-9)14-8-13(16)19-15(20-14)18-12-5-3-11(17)4-6-12;11-8-5-9(12)16-10(15-8)14-7-3-1-6(13)2-4-7;7-5-1-3-6(8)4-2-5;1-5-3-6(2)7-4-5;1-2-6(3-1)4-7-5-6;1-12(10,11)5-8-3(6)2-4(7)9-5/h7-8,15-16H,3-6,9-12H2,1-2H3,(H,22,23,24);7-8,11-12H,3-6H2,1-2H3,(H,18,19,20);5-7H,1-4H2,(H,14,15,16);5-6H,1-4,8H2;3H,4H2,1-2H3;1-5H2;2H,1H3. The van der Waals surface area contributed by atoms with E-state index >= 15 is 0 Å². The van der Waals surface area contributed by atoms with Gasteiger partial charge in [0.15, 0.2) is 11.6 Å². The molecule has 5 N–H and O–H groups in total. The third kappa shape index (κ3) is 24.0. The zero-order valence-corrected chi connectivity index (χ0v) is 62.4. The molecule has 15 rings (SSSR count). The first-order chi connectivity index (χ1) is 47.5. The van der Waals surface area contributed by atoms with Gasteiger partial charge in [0.05, 0.1) is 49.8 Å². The van der Waals surface area contributed by atoms with E-state index in [1.54, 1.807) is 10.7 Å². The van der Waals surface area contributed by atoms with E-state index in [-0.39, 0.29) is 39.6 Å². The quantitative estimate of drug-likeness (QED) is 0.0564. The number of anilines is 4. The van der Waals surface area contributed by atoms with Crippen molar-refractivity contribution >= 4 is 97.2 Å². The highest BCUT2D eigenvalue weighted by molar-refractivity contribution is 7.90. The Morgan fingerprint density at radius 2 is 0.860 bits per heavy atom. The Balaban J connectivity index is 0.000000145. The molecule has 548 valence electrons. The number of rotatable bonds is 10. The highest BCUT2D eigenvalue weighted by Crippen LogP contribution is 2.46. The van der Waals surface area contributed by atoms with E-state index in [9.17, 15) is 26.0 Å². The highest BCUT2D eigenvalue weighted by Gasteiger charge is 2.50. The molecule has 6 aromatic rings. The monoisotopic (exact) mass is 1510 g/mol. The summed E-state index contributed by atoms with van der Waals surface area (Å²) in [7, 11) is -3.44. The van der Waals surface area contributed by atoms with Gasteiger partial charge in [0.25, 0.3) is 0 Å². The van der Waals surface area contributed by atoms with Crippen molar-refractivity contribution in [1.29, 1.82) is 0 Å². The number of sulfone groups is 1. The normalized spacial score (nSPS) is 24.5. The van der Waals surface area contributed by atoms with Crippen molar-refractivity contribution in [1.82, 2.24) is 59.4 Å². The van der Waals surface area contributed by atoms with Crippen molar-refractivity contribution in [2.24, 2.45) is 21.6 Å². The lowest BCUT2D eigenvalue weighted by atomic mass is 9.67. The molecule has 3 saturated heterocycles. The first-order valence-corrected chi connectivity index (χ1v) is 38.1. The summed E-state index contributed by atoms with van der Waals surface area (Å²) in [6.45, 7) is 18.7. The van der Waals surface area contributed by atoms with E-state index in [0.717, 1.165) is 149 Å². The SMILES string of the molecule is C1CC2(C1)COC2.CC1=CC(C)=NC1.CS(=O)(=O)c1nc(Cl)cc(Cl)n1.Cc1cc(C)n(-c2cc(Cl)nc(NC3CCC(F)CC3)n2)n1.Cc1cc(C)n(-c2cc(N3CC4(COC4)C3)nc(NC3CCC(F)CC3)n2)n1.FC1CCC(Nc2nc(Cl)cc(Cl)n2)CC1.NC1CCC(F)CC1. The van der Waals surface area contributed by atoms with Crippen LogP contribution in [-0.2, 0) is 19.3 Å². The average molecular weight is 1510 g/mol. The minimum absolute atomic E-state index is 0.00965. The number of allylic oxidation sites excluding steroid dienone is 1. The molecular weight excluding hydrogens is 1420 g/mol. The highest BCUT2D eigenvalue weighted by atomic mass is 35.5. The van der Waals surface area contributed by atoms with Crippen LogP contribution in [0.1, 0.15) is 159 Å². The van der Waals surface area contributed by atoms with Crippen molar-refractivity contribution < 1.29 is 35.5 Å². The van der Waals surface area contributed by atoms with Gasteiger partial charge in [-0.1, -0.05) is 70.0 Å². The molecule has 0 atom stereocenters. The van der Waals surface area contributed by atoms with Gasteiger partial charge in [0.2, 0.25) is 32.8 Å². The number of nitrogens with zero attached hydrogens (tertiary/aromatic N) is 14. The van der Waals surface area contributed by atoms with E-state index in [4.69, 9.17) is 83.2 Å². The molecule has 9 aliphatic rings. The minimum Gasteiger partial charge on any atom is -0.380 e. The van der Waals surface area contributed by atoms with Gasteiger partial charge in [-0.05, 0) is 175 Å². The largest absolute Gasteiger partial charge is 0.380 e. The van der Waals surface area contributed by atoms with Crippen LogP contribution in [0.4, 0.5) is 41.2 Å². The summed E-state index contributed by atoms with van der Waals surface area (Å²) in [6, 6.07) is 11.4. The lowest BCUT2D eigenvalue weighted by Gasteiger charge is -2.55. The van der Waals surface area contributed by atoms with Gasteiger partial charge in [0, 0.05) is 90.3 Å². The Kier molecular flexibility index (Phi) is 28.4. The van der Waals surface area contributed by atoms with Crippen LogP contribution in [0.3, 0.4) is 0 Å². The average Bonchev–Trinajstić information content (AvgIpc) is 0.876. The number of hydrogen-bond acceptors (Lipinski definition) is 20. The molecule has 6 aromatic heterocycles. The number of hydrogen-bond donors (Lipinski definition) is 4. The number of aliphatic imine (C=N–C) groups is 1. The van der Waals surface area contributed by atoms with Gasteiger partial charge in [-0.25, -0.2) is 60.3 Å². The van der Waals surface area contributed by atoms with Gasteiger partial charge >= 0.3 is 0 Å². The molecule has 2 spiro atoms. The maximum atomic E-state index is 13.5. The molecule has 4 aliphatic heterocycles. The van der Waals surface area contributed by atoms with Crippen LogP contribution in [0.5, 0.6) is 0 Å². The maximum absolute atomic E-state index is 13.5. The van der Waals surface area contributed by atoms with E-state index in [0.29, 0.717) is 95.9 Å². The third-order valence-electron chi connectivity index (χ3n) is 18.6. The molecule has 0 unspecified atom stereocenters. The molecule has 0 amide bonds. The number of aromatic nitrogens is 12. The summed E-state index contributed by atoms with van der Waals surface area (Å²) in [5, 5.41) is 19.5. The lowest BCUT2D eigenvalue weighted by Crippen LogP contribution is -2.66. The number of aryl methyl sites for hydroxylation is 4. The summed E-state index contributed by atoms with van der Waals surface area (Å²) < 4.78 is 87.8. The van der Waals surface area contributed by atoms with E-state index in [1.807, 2.05) is 57.5 Å². The first kappa shape index (κ1) is 78.5. The number of nitrogens with one attached hydrogen (secondary N) is 3. The number of alkyl halides is 4. The Labute approximate surface area is 608 Å². The molecule has 100 heavy (non-hydrogen) atoms. The topological polar surface area (TPSA) is 269 Å². The predicted molar refractivity (Wildman–Crippen MR) is 387 cm³/mol. The molecule has 0 radical (unpaired) electrons. The molecular formula is C68H93Cl5F4N18O4S. The van der Waals surface area contributed by atoms with Gasteiger partial charge < -0.3 is 36.1 Å². The maximum Gasteiger partial charge on any atom is 0.249 e. The van der Waals surface area contributed by atoms with Gasteiger partial charge in [-0.2, -0.15) is 25.1 Å². The molecule has 8 fully saturated rings. The second-order valence-corrected chi connectivity index (χ2v) is 31.6. The van der Waals surface area contributed by atoms with Crippen molar-refractivity contribution in [3.63, 3.8) is 0 Å². The molecule has 32 heteroatoms. The Hall–Kier alpha value is -5.65. The Morgan fingerprint density at radius 1 is 0.490 bits per heavy atom. The van der Waals surface area contributed by atoms with Crippen molar-refractivity contribution in [2.45, 2.75) is 218 Å². The van der Waals surface area contributed by atoms with E-state index in [1.165, 1.54) is 37.0 Å². The van der Waals surface area contributed by atoms with E-state index in [2.05, 4.69) is 78.9 Å². The molecule has 10 heterocycles. The van der Waals surface area contributed by atoms with Crippen LogP contribution < -0.4 is 26.6 Å². The van der Waals surface area contributed by atoms with Crippen molar-refractivity contribution in [2.75, 3.05) is 73.2 Å². The Morgan fingerprint density at radius 3 is 1.17 bits per heavy atom. The van der Waals surface area contributed by atoms with Crippen molar-refractivity contribution in [3.05, 3.63) is 96.6 Å². The smallest absolute Gasteiger partial charge is 0.249 e. The van der Waals surface area contributed by atoms with Gasteiger partial charge in [-0.3, -0.25) is 4.99 Å². The first-order valence-electron chi connectivity index (χ1n) is 34.3. The fourth-order valence-corrected chi connectivity index (χ4v) is 14.5. The third-order valence-corrected chi connectivity index (χ3v) is 20.4. The molecule has 22 nitrogen and oxygen atoms in total. The zero-order valence-electron chi connectivity index (χ0n) is 57.8. The van der Waals surface area contributed by atoms with Crippen LogP contribution in [-0.4, -0.2) is 175 Å². The summed E-state index contributed by atoms with van der Waals surface area (Å²) in [5.41, 5.74) is 13.0. The summed E-state index contributed by atoms with van der Waals surface area (Å²) >= 11 is 28.5. The van der Waals surface area contributed by atoms with Crippen LogP contribution in [0, 0.1) is 38.5 Å².